The molecule has 3 heteroatoms. The molecule has 0 spiro atoms. The summed E-state index contributed by atoms with van der Waals surface area (Å²) in [6.45, 7) is 10.2. The lowest BCUT2D eigenvalue weighted by Gasteiger charge is -2.18. The smallest absolute Gasteiger partial charge is 0.242 e. The molecule has 0 unspecified atom stereocenters. The Morgan fingerprint density at radius 2 is 2.21 bits per heavy atom. The standard InChI is InChI=1S/C11H16O2Si/c1-10(13-14(2,3)4)5-6-11-7-8-12-9-11/h5-9H,1H2,2-4H3. The fourth-order valence-corrected chi connectivity index (χ4v) is 1.84. The van der Waals surface area contributed by atoms with Crippen LogP contribution in [0, 0.1) is 0 Å². The SMILES string of the molecule is C=C(C=Cc1ccoc1)O[Si](C)(C)C. The van der Waals surface area contributed by atoms with E-state index in [-0.39, 0.29) is 0 Å². The van der Waals surface area contributed by atoms with E-state index < -0.39 is 8.32 Å². The van der Waals surface area contributed by atoms with Gasteiger partial charge in [0, 0.05) is 5.56 Å². The highest BCUT2D eigenvalue weighted by Gasteiger charge is 2.15. The molecule has 0 atom stereocenters. The van der Waals surface area contributed by atoms with Crippen molar-refractivity contribution in [3.8, 4) is 0 Å². The fraction of sp³-hybridized carbons (Fsp3) is 0.273. The summed E-state index contributed by atoms with van der Waals surface area (Å²) in [6.07, 6.45) is 7.11. The van der Waals surface area contributed by atoms with E-state index in [4.69, 9.17) is 8.84 Å². The lowest BCUT2D eigenvalue weighted by atomic mass is 10.3. The Morgan fingerprint density at radius 3 is 2.71 bits per heavy atom. The van der Waals surface area contributed by atoms with Gasteiger partial charge in [-0.1, -0.05) is 6.58 Å². The molecule has 0 aromatic carbocycles. The van der Waals surface area contributed by atoms with Gasteiger partial charge in [0.2, 0.25) is 8.32 Å². The van der Waals surface area contributed by atoms with Crippen LogP contribution in [0.1, 0.15) is 5.56 Å². The van der Waals surface area contributed by atoms with Crippen LogP contribution in [-0.2, 0) is 4.43 Å². The summed E-state index contributed by atoms with van der Waals surface area (Å²) in [5, 5.41) is 0. The molecule has 0 saturated heterocycles. The van der Waals surface area contributed by atoms with E-state index in [0.29, 0.717) is 5.76 Å². The lowest BCUT2D eigenvalue weighted by molar-refractivity contribution is 0.445. The van der Waals surface area contributed by atoms with E-state index in [9.17, 15) is 0 Å². The van der Waals surface area contributed by atoms with Gasteiger partial charge in [-0.05, 0) is 37.9 Å². The van der Waals surface area contributed by atoms with Crippen LogP contribution in [-0.4, -0.2) is 8.32 Å². The van der Waals surface area contributed by atoms with Crippen LogP contribution in [0.25, 0.3) is 6.08 Å². The minimum atomic E-state index is -1.52. The Balaban J connectivity index is 2.49. The molecule has 2 nitrogen and oxygen atoms in total. The van der Waals surface area contributed by atoms with E-state index >= 15 is 0 Å². The van der Waals surface area contributed by atoms with E-state index in [1.807, 2.05) is 18.2 Å². The van der Waals surface area contributed by atoms with Gasteiger partial charge in [0.25, 0.3) is 0 Å². The molecule has 1 aromatic heterocycles. The average molecular weight is 208 g/mol. The highest BCUT2D eigenvalue weighted by Crippen LogP contribution is 2.11. The predicted molar refractivity (Wildman–Crippen MR) is 61.3 cm³/mol. The van der Waals surface area contributed by atoms with Crippen molar-refractivity contribution in [2.24, 2.45) is 0 Å². The molecular formula is C11H16O2Si. The van der Waals surface area contributed by atoms with E-state index in [1.54, 1.807) is 12.5 Å². The first-order valence-corrected chi connectivity index (χ1v) is 7.96. The zero-order valence-electron chi connectivity index (χ0n) is 8.91. The summed E-state index contributed by atoms with van der Waals surface area (Å²) in [7, 11) is -1.52. The Bertz CT molecular complexity index is 318. The molecular weight excluding hydrogens is 192 g/mol. The third kappa shape index (κ3) is 4.14. The van der Waals surface area contributed by atoms with Gasteiger partial charge >= 0.3 is 0 Å². The van der Waals surface area contributed by atoms with Crippen LogP contribution >= 0.6 is 0 Å². The number of hydrogen-bond acceptors (Lipinski definition) is 2. The number of rotatable bonds is 4. The molecule has 14 heavy (non-hydrogen) atoms. The second-order valence-electron chi connectivity index (χ2n) is 4.07. The molecule has 0 fully saturated rings. The van der Waals surface area contributed by atoms with Crippen molar-refractivity contribution < 1.29 is 8.84 Å². The van der Waals surface area contributed by atoms with Crippen LogP contribution < -0.4 is 0 Å². The largest absolute Gasteiger partial charge is 0.545 e. The monoisotopic (exact) mass is 208 g/mol. The van der Waals surface area contributed by atoms with Gasteiger partial charge in [-0.3, -0.25) is 0 Å². The molecule has 0 aliphatic rings. The summed E-state index contributed by atoms with van der Waals surface area (Å²) >= 11 is 0. The van der Waals surface area contributed by atoms with Crippen molar-refractivity contribution in [2.75, 3.05) is 0 Å². The molecule has 0 N–H and O–H groups in total. The van der Waals surface area contributed by atoms with Gasteiger partial charge in [-0.15, -0.1) is 0 Å². The minimum absolute atomic E-state index is 0.713. The molecule has 76 valence electrons. The summed E-state index contributed by atoms with van der Waals surface area (Å²) in [4.78, 5) is 0. The molecule has 0 radical (unpaired) electrons. The van der Waals surface area contributed by atoms with Crippen LogP contribution in [0.4, 0.5) is 0 Å². The summed E-state index contributed by atoms with van der Waals surface area (Å²) < 4.78 is 10.6. The first-order valence-electron chi connectivity index (χ1n) is 4.55. The maximum atomic E-state index is 5.66. The van der Waals surface area contributed by atoms with Gasteiger partial charge < -0.3 is 8.84 Å². The Morgan fingerprint density at radius 1 is 1.50 bits per heavy atom. The molecule has 0 aliphatic carbocycles. The van der Waals surface area contributed by atoms with E-state index in [1.165, 1.54) is 0 Å². The highest BCUT2D eigenvalue weighted by atomic mass is 28.4. The Labute approximate surface area is 86.0 Å². The second-order valence-corrected chi connectivity index (χ2v) is 8.50. The van der Waals surface area contributed by atoms with Crippen LogP contribution in [0.15, 0.2) is 41.4 Å². The molecule has 1 aromatic rings. The van der Waals surface area contributed by atoms with Crippen LogP contribution in [0.3, 0.4) is 0 Å². The maximum absolute atomic E-state index is 5.66. The predicted octanol–water partition coefficient (Wildman–Crippen LogP) is 3.66. The first-order chi connectivity index (χ1) is 6.47. The van der Waals surface area contributed by atoms with Gasteiger partial charge in [0.15, 0.2) is 0 Å². The van der Waals surface area contributed by atoms with Crippen molar-refractivity contribution in [3.63, 3.8) is 0 Å². The lowest BCUT2D eigenvalue weighted by Crippen LogP contribution is -2.23. The topological polar surface area (TPSA) is 22.4 Å². The first kappa shape index (κ1) is 10.9. The third-order valence-corrected chi connectivity index (χ3v) is 2.32. The zero-order valence-corrected chi connectivity index (χ0v) is 9.91. The summed E-state index contributed by atoms with van der Waals surface area (Å²) in [5.74, 6) is 0.713. The Kier molecular flexibility index (Phi) is 3.36. The molecule has 1 rings (SSSR count). The van der Waals surface area contributed by atoms with Gasteiger partial charge in [-0.25, -0.2) is 0 Å². The Hall–Kier alpha value is -1.22. The van der Waals surface area contributed by atoms with Crippen molar-refractivity contribution in [1.82, 2.24) is 0 Å². The number of hydrogen-bond donors (Lipinski definition) is 0. The summed E-state index contributed by atoms with van der Waals surface area (Å²) in [5.41, 5.74) is 1.02. The number of allylic oxidation sites excluding steroid dienone is 1. The third-order valence-electron chi connectivity index (χ3n) is 1.44. The highest BCUT2D eigenvalue weighted by molar-refractivity contribution is 6.70. The van der Waals surface area contributed by atoms with Gasteiger partial charge in [0.1, 0.15) is 0 Å². The van der Waals surface area contributed by atoms with Crippen molar-refractivity contribution in [2.45, 2.75) is 19.6 Å². The van der Waals surface area contributed by atoms with Crippen LogP contribution in [0.2, 0.25) is 19.6 Å². The molecule has 0 amide bonds. The quantitative estimate of drug-likeness (QED) is 0.428. The van der Waals surface area contributed by atoms with Crippen molar-refractivity contribution in [3.05, 3.63) is 42.6 Å². The van der Waals surface area contributed by atoms with Gasteiger partial charge in [-0.2, -0.15) is 0 Å². The molecule has 0 aliphatic heterocycles. The minimum Gasteiger partial charge on any atom is -0.545 e. The van der Waals surface area contributed by atoms with Crippen molar-refractivity contribution in [1.29, 1.82) is 0 Å². The average Bonchev–Trinajstić information content (AvgIpc) is 2.49. The summed E-state index contributed by atoms with van der Waals surface area (Å²) in [6, 6.07) is 1.89. The molecule has 1 heterocycles. The van der Waals surface area contributed by atoms with E-state index in [2.05, 4.69) is 26.2 Å². The fourth-order valence-electron chi connectivity index (χ4n) is 0.986. The maximum Gasteiger partial charge on any atom is 0.242 e. The second kappa shape index (κ2) is 4.33. The van der Waals surface area contributed by atoms with E-state index in [0.717, 1.165) is 5.56 Å². The van der Waals surface area contributed by atoms with Crippen molar-refractivity contribution >= 4 is 14.4 Å². The zero-order chi connectivity index (χ0) is 10.6. The number of furan rings is 1. The van der Waals surface area contributed by atoms with Crippen LogP contribution in [0.5, 0.6) is 0 Å². The molecule has 0 bridgehead atoms. The normalized spacial score (nSPS) is 11.9. The molecule has 0 saturated carbocycles. The van der Waals surface area contributed by atoms with Gasteiger partial charge in [0.05, 0.1) is 18.3 Å².